The Morgan fingerprint density at radius 3 is 2.38 bits per heavy atom. The molecule has 0 spiro atoms. The van der Waals surface area contributed by atoms with Gasteiger partial charge in [-0.3, -0.25) is 4.21 Å². The summed E-state index contributed by atoms with van der Waals surface area (Å²) in [4.78, 5) is 3.48. The molecular formula is C22H25NO2S. The summed E-state index contributed by atoms with van der Waals surface area (Å²) in [6.07, 6.45) is 4.97. The van der Waals surface area contributed by atoms with E-state index in [1.165, 1.54) is 18.4 Å². The molecule has 136 valence electrons. The Bertz CT molecular complexity index is 838. The first-order chi connectivity index (χ1) is 12.7. The lowest BCUT2D eigenvalue weighted by atomic mass is 9.95. The third kappa shape index (κ3) is 2.75. The van der Waals surface area contributed by atoms with Crippen molar-refractivity contribution in [3.05, 3.63) is 65.2 Å². The van der Waals surface area contributed by atoms with E-state index in [1.54, 1.807) is 0 Å². The van der Waals surface area contributed by atoms with E-state index >= 15 is 0 Å². The van der Waals surface area contributed by atoms with Gasteiger partial charge in [-0.1, -0.05) is 42.5 Å². The van der Waals surface area contributed by atoms with Crippen molar-refractivity contribution in [2.75, 3.05) is 7.05 Å². The van der Waals surface area contributed by atoms with Gasteiger partial charge in [0.15, 0.2) is 0 Å². The lowest BCUT2D eigenvalue weighted by molar-refractivity contribution is -0.0435. The monoisotopic (exact) mass is 367 g/mol. The largest absolute Gasteiger partial charge is 0.365 e. The molecular weight excluding hydrogens is 342 g/mol. The number of benzene rings is 2. The Morgan fingerprint density at radius 1 is 0.962 bits per heavy atom. The first kappa shape index (κ1) is 16.7. The van der Waals surface area contributed by atoms with Crippen molar-refractivity contribution in [1.82, 2.24) is 4.90 Å². The third-order valence-corrected chi connectivity index (χ3v) is 7.89. The summed E-state index contributed by atoms with van der Waals surface area (Å²) in [5.74, 6) is 0.575. The van der Waals surface area contributed by atoms with Gasteiger partial charge >= 0.3 is 0 Å². The minimum Gasteiger partial charge on any atom is -0.365 e. The fourth-order valence-electron chi connectivity index (χ4n) is 5.02. The van der Waals surface area contributed by atoms with Crippen molar-refractivity contribution in [2.24, 2.45) is 0 Å². The molecule has 0 aliphatic carbocycles. The SMILES string of the molecule is CN1C2CCC1CC(OC1c3ccccc3CS(=O)c3ccccc31)C2. The van der Waals surface area contributed by atoms with Crippen LogP contribution < -0.4 is 0 Å². The molecule has 3 heterocycles. The van der Waals surface area contributed by atoms with Crippen LogP contribution in [0.25, 0.3) is 0 Å². The number of rotatable bonds is 2. The second-order valence-corrected chi connectivity index (χ2v) is 9.31. The van der Waals surface area contributed by atoms with Gasteiger partial charge in [-0.25, -0.2) is 0 Å². The van der Waals surface area contributed by atoms with E-state index in [4.69, 9.17) is 4.74 Å². The lowest BCUT2D eigenvalue weighted by Crippen LogP contribution is -2.43. The zero-order valence-corrected chi connectivity index (χ0v) is 16.0. The lowest BCUT2D eigenvalue weighted by Gasteiger charge is -2.38. The Balaban J connectivity index is 1.53. The van der Waals surface area contributed by atoms with Crippen LogP contribution >= 0.6 is 0 Å². The molecule has 0 N–H and O–H groups in total. The maximum Gasteiger partial charge on any atom is 0.109 e. The van der Waals surface area contributed by atoms with E-state index in [-0.39, 0.29) is 12.2 Å². The Kier molecular flexibility index (Phi) is 4.23. The summed E-state index contributed by atoms with van der Waals surface area (Å²) in [6.45, 7) is 0. The van der Waals surface area contributed by atoms with E-state index in [0.29, 0.717) is 17.8 Å². The van der Waals surface area contributed by atoms with Gasteiger partial charge < -0.3 is 9.64 Å². The molecule has 4 heteroatoms. The molecule has 2 aromatic rings. The molecule has 2 aromatic carbocycles. The summed E-state index contributed by atoms with van der Waals surface area (Å²) >= 11 is 0. The summed E-state index contributed by atoms with van der Waals surface area (Å²) < 4.78 is 19.7. The van der Waals surface area contributed by atoms with Gasteiger partial charge in [-0.05, 0) is 49.9 Å². The summed E-state index contributed by atoms with van der Waals surface area (Å²) in [5.41, 5.74) is 3.43. The number of nitrogens with zero attached hydrogens (tertiary/aromatic N) is 1. The number of ether oxygens (including phenoxy) is 1. The van der Waals surface area contributed by atoms with E-state index < -0.39 is 10.8 Å². The molecule has 0 saturated carbocycles. The second kappa shape index (κ2) is 6.59. The number of hydrogen-bond donors (Lipinski definition) is 0. The van der Waals surface area contributed by atoms with Gasteiger partial charge in [-0.2, -0.15) is 0 Å². The third-order valence-electron chi connectivity index (χ3n) is 6.45. The number of hydrogen-bond acceptors (Lipinski definition) is 3. The highest BCUT2D eigenvalue weighted by molar-refractivity contribution is 7.84. The second-order valence-electron chi connectivity index (χ2n) is 7.89. The molecule has 0 radical (unpaired) electrons. The molecule has 3 aliphatic heterocycles. The van der Waals surface area contributed by atoms with Crippen LogP contribution in [0, 0.1) is 0 Å². The van der Waals surface area contributed by atoms with Crippen LogP contribution in [-0.2, 0) is 21.3 Å². The molecule has 2 bridgehead atoms. The maximum absolute atomic E-state index is 12.9. The first-order valence-corrected chi connectivity index (χ1v) is 10.9. The van der Waals surface area contributed by atoms with Crippen LogP contribution in [-0.4, -0.2) is 34.3 Å². The van der Waals surface area contributed by atoms with Crippen molar-refractivity contribution in [3.63, 3.8) is 0 Å². The molecule has 4 atom stereocenters. The van der Waals surface area contributed by atoms with Gasteiger partial charge in [0, 0.05) is 22.5 Å². The van der Waals surface area contributed by atoms with Gasteiger partial charge in [0.2, 0.25) is 0 Å². The first-order valence-electron chi connectivity index (χ1n) is 9.63. The van der Waals surface area contributed by atoms with Crippen molar-refractivity contribution >= 4 is 10.8 Å². The van der Waals surface area contributed by atoms with Crippen LogP contribution in [0.15, 0.2) is 53.4 Å². The van der Waals surface area contributed by atoms with Crippen LogP contribution in [0.2, 0.25) is 0 Å². The Labute approximate surface area is 157 Å². The summed E-state index contributed by atoms with van der Waals surface area (Å²) in [7, 11) is 1.25. The van der Waals surface area contributed by atoms with Gasteiger partial charge in [0.05, 0.1) is 22.7 Å². The van der Waals surface area contributed by atoms with E-state index in [2.05, 4.69) is 36.2 Å². The predicted molar refractivity (Wildman–Crippen MR) is 104 cm³/mol. The highest BCUT2D eigenvalue weighted by atomic mass is 32.2. The average molecular weight is 368 g/mol. The van der Waals surface area contributed by atoms with Crippen LogP contribution in [0.5, 0.6) is 0 Å². The van der Waals surface area contributed by atoms with Gasteiger partial charge in [0.25, 0.3) is 0 Å². The zero-order chi connectivity index (χ0) is 17.7. The molecule has 3 nitrogen and oxygen atoms in total. The Hall–Kier alpha value is -1.49. The standard InChI is InChI=1S/C22H25NO2S/c1-23-16-10-11-17(23)13-18(12-16)25-22-19-7-3-2-6-15(19)14-26(24)21-9-5-4-8-20(21)22/h2-9,16-18,22H,10-14H2,1H3. The molecule has 3 aliphatic rings. The number of fused-ring (bicyclic) bond motifs is 4. The zero-order valence-electron chi connectivity index (χ0n) is 15.1. The Morgan fingerprint density at radius 2 is 1.62 bits per heavy atom. The van der Waals surface area contributed by atoms with E-state index in [1.807, 2.05) is 24.3 Å². The van der Waals surface area contributed by atoms with Crippen LogP contribution in [0.1, 0.15) is 48.5 Å². The minimum atomic E-state index is -1.02. The molecule has 4 unspecified atom stereocenters. The average Bonchev–Trinajstić information content (AvgIpc) is 2.84. The maximum atomic E-state index is 12.9. The molecule has 2 saturated heterocycles. The van der Waals surface area contributed by atoms with Gasteiger partial charge in [-0.15, -0.1) is 0 Å². The van der Waals surface area contributed by atoms with Crippen molar-refractivity contribution in [3.8, 4) is 0 Å². The minimum absolute atomic E-state index is 0.110. The molecule has 5 rings (SSSR count). The van der Waals surface area contributed by atoms with Crippen LogP contribution in [0.4, 0.5) is 0 Å². The van der Waals surface area contributed by atoms with Gasteiger partial charge in [0.1, 0.15) is 6.10 Å². The van der Waals surface area contributed by atoms with E-state index in [0.717, 1.165) is 28.9 Å². The topological polar surface area (TPSA) is 29.5 Å². The number of piperidine rings is 1. The molecule has 0 amide bonds. The smallest absolute Gasteiger partial charge is 0.109 e. The van der Waals surface area contributed by atoms with Crippen molar-refractivity contribution < 1.29 is 8.95 Å². The molecule has 0 aromatic heterocycles. The fraction of sp³-hybridized carbons (Fsp3) is 0.455. The quantitative estimate of drug-likeness (QED) is 0.802. The highest BCUT2D eigenvalue weighted by Crippen LogP contribution is 2.42. The van der Waals surface area contributed by atoms with Crippen LogP contribution in [0.3, 0.4) is 0 Å². The summed E-state index contributed by atoms with van der Waals surface area (Å²) in [6, 6.07) is 17.8. The molecule has 2 fully saturated rings. The predicted octanol–water partition coefficient (Wildman–Crippen LogP) is 4.04. The molecule has 26 heavy (non-hydrogen) atoms. The summed E-state index contributed by atoms with van der Waals surface area (Å²) in [5, 5.41) is 0. The van der Waals surface area contributed by atoms with E-state index in [9.17, 15) is 4.21 Å². The van der Waals surface area contributed by atoms with Crippen molar-refractivity contribution in [2.45, 2.75) is 60.6 Å². The fourth-order valence-corrected chi connectivity index (χ4v) is 6.39. The highest BCUT2D eigenvalue weighted by Gasteiger charge is 2.40. The van der Waals surface area contributed by atoms with Crippen molar-refractivity contribution in [1.29, 1.82) is 0 Å². The normalized spacial score (nSPS) is 33.3.